The largest absolute Gasteiger partial charge is 0.330 e. The molecule has 1 aromatic heterocycles. The summed E-state index contributed by atoms with van der Waals surface area (Å²) in [7, 11) is 0. The quantitative estimate of drug-likeness (QED) is 0.905. The molecule has 0 saturated heterocycles. The number of aromatic nitrogens is 2. The minimum Gasteiger partial charge on any atom is -0.330 e. The average molecular weight is 358 g/mol. The predicted molar refractivity (Wildman–Crippen MR) is 100 cm³/mol. The molecule has 1 heterocycles. The molecule has 1 aromatic carbocycles. The summed E-state index contributed by atoms with van der Waals surface area (Å²) in [6, 6.07) is 11.8. The molecule has 2 aliphatic rings. The van der Waals surface area contributed by atoms with Gasteiger partial charge < -0.3 is 5.73 Å². The molecule has 2 aliphatic carbocycles. The van der Waals surface area contributed by atoms with Gasteiger partial charge in [-0.2, -0.15) is 5.10 Å². The third-order valence-corrected chi connectivity index (χ3v) is 6.16. The summed E-state index contributed by atoms with van der Waals surface area (Å²) in [5.41, 5.74) is 8.44. The van der Waals surface area contributed by atoms with E-state index in [0.717, 1.165) is 36.4 Å². The lowest BCUT2D eigenvalue weighted by Gasteiger charge is -2.40. The van der Waals surface area contributed by atoms with Crippen molar-refractivity contribution in [3.05, 3.63) is 63.0 Å². The van der Waals surface area contributed by atoms with Crippen molar-refractivity contribution in [1.82, 2.24) is 9.78 Å². The normalized spacial score (nSPS) is 26.6. The van der Waals surface area contributed by atoms with E-state index in [1.807, 2.05) is 24.3 Å². The monoisotopic (exact) mass is 357 g/mol. The Hall–Kier alpha value is -1.65. The summed E-state index contributed by atoms with van der Waals surface area (Å²) < 4.78 is 1.73. The number of halogens is 1. The Morgan fingerprint density at radius 1 is 1.16 bits per heavy atom. The highest BCUT2D eigenvalue weighted by atomic mass is 35.5. The van der Waals surface area contributed by atoms with Crippen LogP contribution in [0.5, 0.6) is 0 Å². The molecule has 2 fully saturated rings. The first-order valence-electron chi connectivity index (χ1n) is 9.17. The first-order valence-corrected chi connectivity index (χ1v) is 9.55. The van der Waals surface area contributed by atoms with Crippen LogP contribution in [-0.2, 0) is 5.41 Å². The molecule has 0 aliphatic heterocycles. The van der Waals surface area contributed by atoms with E-state index in [0.29, 0.717) is 12.5 Å². The van der Waals surface area contributed by atoms with E-state index >= 15 is 0 Å². The van der Waals surface area contributed by atoms with E-state index in [2.05, 4.69) is 11.2 Å². The van der Waals surface area contributed by atoms with Crippen molar-refractivity contribution in [2.75, 3.05) is 6.54 Å². The minimum absolute atomic E-state index is 0.0115. The first kappa shape index (κ1) is 16.8. The predicted octanol–water partition coefficient (Wildman–Crippen LogP) is 3.79. The van der Waals surface area contributed by atoms with Crippen molar-refractivity contribution in [2.45, 2.75) is 55.9 Å². The summed E-state index contributed by atoms with van der Waals surface area (Å²) in [5.74, 6) is 0.560. The smallest absolute Gasteiger partial charge is 0.267 e. The van der Waals surface area contributed by atoms with Gasteiger partial charge in [0.25, 0.3) is 5.56 Å². The molecule has 2 saturated carbocycles. The van der Waals surface area contributed by atoms with Gasteiger partial charge in [-0.3, -0.25) is 4.79 Å². The van der Waals surface area contributed by atoms with Gasteiger partial charge in [0.2, 0.25) is 0 Å². The summed E-state index contributed by atoms with van der Waals surface area (Å²) in [4.78, 5) is 12.3. The maximum Gasteiger partial charge on any atom is 0.267 e. The molecule has 0 amide bonds. The van der Waals surface area contributed by atoms with Crippen LogP contribution in [0.25, 0.3) is 0 Å². The molecule has 4 rings (SSSR count). The Balaban J connectivity index is 1.56. The fraction of sp³-hybridized carbons (Fsp3) is 0.500. The molecule has 4 nitrogen and oxygen atoms in total. The first-order chi connectivity index (χ1) is 12.1. The Labute approximate surface area is 153 Å². The van der Waals surface area contributed by atoms with Crippen LogP contribution >= 0.6 is 11.6 Å². The van der Waals surface area contributed by atoms with Crippen LogP contribution in [0.3, 0.4) is 0 Å². The van der Waals surface area contributed by atoms with Crippen LogP contribution in [-0.4, -0.2) is 16.3 Å². The zero-order valence-electron chi connectivity index (χ0n) is 14.3. The van der Waals surface area contributed by atoms with Crippen molar-refractivity contribution in [2.24, 2.45) is 5.73 Å². The van der Waals surface area contributed by atoms with Crippen LogP contribution in [0.1, 0.15) is 61.7 Å². The lowest BCUT2D eigenvalue weighted by molar-refractivity contribution is 0.221. The summed E-state index contributed by atoms with van der Waals surface area (Å²) in [6.07, 6.45) is 6.14. The minimum atomic E-state index is -0.0425. The van der Waals surface area contributed by atoms with Gasteiger partial charge in [-0.05, 0) is 62.3 Å². The van der Waals surface area contributed by atoms with Gasteiger partial charge in [-0.25, -0.2) is 4.68 Å². The Kier molecular flexibility index (Phi) is 4.42. The van der Waals surface area contributed by atoms with Gasteiger partial charge >= 0.3 is 0 Å². The lowest BCUT2D eigenvalue weighted by atomic mass is 9.68. The molecule has 0 radical (unpaired) electrons. The lowest BCUT2D eigenvalue weighted by Crippen LogP contribution is -2.41. The van der Waals surface area contributed by atoms with Gasteiger partial charge in [0, 0.05) is 29.0 Å². The van der Waals surface area contributed by atoms with Crippen LogP contribution in [0.2, 0.25) is 5.02 Å². The van der Waals surface area contributed by atoms with Crippen molar-refractivity contribution >= 4 is 11.6 Å². The van der Waals surface area contributed by atoms with E-state index in [9.17, 15) is 4.79 Å². The number of benzene rings is 1. The maximum absolute atomic E-state index is 12.3. The standard InChI is InChI=1S/C20H24ClN3O/c21-16-3-1-2-15(12-16)20(13-22)10-8-17(9-11-20)24-19(25)7-6-18(23-24)14-4-5-14/h1-3,6-7,12,14,17H,4-5,8-11,13,22H2/t17-,20+. The molecular weight excluding hydrogens is 334 g/mol. The second-order valence-electron chi connectivity index (χ2n) is 7.54. The third-order valence-electron chi connectivity index (χ3n) is 5.93. The molecule has 0 bridgehead atoms. The third kappa shape index (κ3) is 3.25. The van der Waals surface area contributed by atoms with Crippen LogP contribution in [0.4, 0.5) is 0 Å². The second-order valence-corrected chi connectivity index (χ2v) is 7.98. The Bertz CT molecular complexity index is 820. The SMILES string of the molecule is NC[C@]1(c2cccc(Cl)c2)CC[C@@H](n2nc(C3CC3)ccc2=O)CC1. The van der Waals surface area contributed by atoms with Crippen molar-refractivity contribution in [3.63, 3.8) is 0 Å². The highest BCUT2D eigenvalue weighted by Gasteiger charge is 2.37. The fourth-order valence-corrected chi connectivity index (χ4v) is 4.32. The van der Waals surface area contributed by atoms with E-state index in [1.54, 1.807) is 10.7 Å². The Morgan fingerprint density at radius 3 is 2.56 bits per heavy atom. The molecule has 5 heteroatoms. The Morgan fingerprint density at radius 2 is 1.92 bits per heavy atom. The van der Waals surface area contributed by atoms with Crippen LogP contribution in [0.15, 0.2) is 41.2 Å². The molecule has 0 spiro atoms. The van der Waals surface area contributed by atoms with Crippen molar-refractivity contribution in [3.8, 4) is 0 Å². The van der Waals surface area contributed by atoms with Crippen LogP contribution < -0.4 is 11.3 Å². The number of nitrogens with two attached hydrogens (primary N) is 1. The number of hydrogen-bond donors (Lipinski definition) is 1. The summed E-state index contributed by atoms with van der Waals surface area (Å²) in [5, 5.41) is 5.42. The van der Waals surface area contributed by atoms with Crippen molar-refractivity contribution < 1.29 is 0 Å². The zero-order valence-corrected chi connectivity index (χ0v) is 15.1. The topological polar surface area (TPSA) is 60.9 Å². The average Bonchev–Trinajstić information content (AvgIpc) is 3.47. The highest BCUT2D eigenvalue weighted by molar-refractivity contribution is 6.30. The molecule has 2 N–H and O–H groups in total. The summed E-state index contributed by atoms with van der Waals surface area (Å²) >= 11 is 6.19. The molecule has 25 heavy (non-hydrogen) atoms. The molecular formula is C20H24ClN3O. The number of hydrogen-bond acceptors (Lipinski definition) is 3. The molecule has 0 atom stereocenters. The number of nitrogens with zero attached hydrogens (tertiary/aromatic N) is 2. The van der Waals surface area contributed by atoms with Gasteiger partial charge in [0.05, 0.1) is 11.7 Å². The van der Waals surface area contributed by atoms with Gasteiger partial charge in [0.1, 0.15) is 0 Å². The molecule has 0 unspecified atom stereocenters. The molecule has 132 valence electrons. The van der Waals surface area contributed by atoms with Crippen LogP contribution in [0, 0.1) is 0 Å². The maximum atomic E-state index is 12.3. The summed E-state index contributed by atoms with van der Waals surface area (Å²) in [6.45, 7) is 0.602. The second kappa shape index (κ2) is 6.58. The van der Waals surface area contributed by atoms with E-state index in [-0.39, 0.29) is 17.0 Å². The van der Waals surface area contributed by atoms with Gasteiger partial charge in [0.15, 0.2) is 0 Å². The highest BCUT2D eigenvalue weighted by Crippen LogP contribution is 2.43. The van der Waals surface area contributed by atoms with E-state index < -0.39 is 0 Å². The molecule has 2 aromatic rings. The van der Waals surface area contributed by atoms with Gasteiger partial charge in [-0.15, -0.1) is 0 Å². The zero-order chi connectivity index (χ0) is 17.4. The number of rotatable bonds is 4. The van der Waals surface area contributed by atoms with Gasteiger partial charge in [-0.1, -0.05) is 23.7 Å². The fourth-order valence-electron chi connectivity index (χ4n) is 4.13. The van der Waals surface area contributed by atoms with Crippen molar-refractivity contribution in [1.29, 1.82) is 0 Å². The van der Waals surface area contributed by atoms with E-state index in [4.69, 9.17) is 17.3 Å². The van der Waals surface area contributed by atoms with E-state index in [1.165, 1.54) is 18.4 Å².